The maximum Gasteiger partial charge on any atom is 0.336 e. The quantitative estimate of drug-likeness (QED) is 0.665. The summed E-state index contributed by atoms with van der Waals surface area (Å²) in [7, 11) is 0. The standard InChI is InChI=1S/C23H21NO3/c1-2-16-7-9-17(10-8-16)15-18-11-13-19(14-12-18)24-22(25)20-5-3-4-6-21(20)23(26)27/h3-14H,2,15H2,1H3,(H,24,25)(H,26,27). The van der Waals surface area contributed by atoms with E-state index in [0.29, 0.717) is 5.69 Å². The van der Waals surface area contributed by atoms with Gasteiger partial charge in [0.05, 0.1) is 11.1 Å². The van der Waals surface area contributed by atoms with Crippen LogP contribution in [0.15, 0.2) is 72.8 Å². The van der Waals surface area contributed by atoms with Crippen LogP contribution in [0.5, 0.6) is 0 Å². The minimum absolute atomic E-state index is 0.0119. The molecule has 1 amide bonds. The molecule has 136 valence electrons. The summed E-state index contributed by atoms with van der Waals surface area (Å²) in [4.78, 5) is 23.7. The third-order valence-electron chi connectivity index (χ3n) is 4.45. The van der Waals surface area contributed by atoms with Crippen LogP contribution < -0.4 is 5.32 Å². The molecule has 2 N–H and O–H groups in total. The second-order valence-electron chi connectivity index (χ2n) is 6.35. The van der Waals surface area contributed by atoms with Crippen LogP contribution in [0.25, 0.3) is 0 Å². The predicted molar refractivity (Wildman–Crippen MR) is 106 cm³/mol. The Morgan fingerprint density at radius 1 is 0.778 bits per heavy atom. The lowest BCUT2D eigenvalue weighted by Gasteiger charge is -2.09. The molecule has 0 aromatic heterocycles. The number of nitrogens with one attached hydrogen (secondary N) is 1. The molecule has 0 heterocycles. The van der Waals surface area contributed by atoms with Gasteiger partial charge in [-0.3, -0.25) is 4.79 Å². The van der Waals surface area contributed by atoms with E-state index in [1.165, 1.54) is 23.3 Å². The predicted octanol–water partition coefficient (Wildman–Crippen LogP) is 4.79. The zero-order chi connectivity index (χ0) is 19.2. The van der Waals surface area contributed by atoms with E-state index in [0.717, 1.165) is 18.4 Å². The van der Waals surface area contributed by atoms with Crippen LogP contribution >= 0.6 is 0 Å². The Morgan fingerprint density at radius 2 is 1.30 bits per heavy atom. The number of hydrogen-bond acceptors (Lipinski definition) is 2. The molecule has 0 spiro atoms. The summed E-state index contributed by atoms with van der Waals surface area (Å²) in [5, 5.41) is 12.0. The van der Waals surface area contributed by atoms with Crippen molar-refractivity contribution >= 4 is 17.6 Å². The van der Waals surface area contributed by atoms with Gasteiger partial charge in [-0.25, -0.2) is 4.79 Å². The number of carboxylic acid groups (broad SMARTS) is 1. The average molecular weight is 359 g/mol. The molecule has 3 aromatic carbocycles. The van der Waals surface area contributed by atoms with Gasteiger partial charge in [-0.15, -0.1) is 0 Å². The van der Waals surface area contributed by atoms with Crippen LogP contribution in [0.2, 0.25) is 0 Å². The Hall–Kier alpha value is -3.40. The normalized spacial score (nSPS) is 10.4. The Kier molecular flexibility index (Phi) is 5.67. The topological polar surface area (TPSA) is 66.4 Å². The number of anilines is 1. The summed E-state index contributed by atoms with van der Waals surface area (Å²) in [5.74, 6) is -1.55. The molecule has 4 heteroatoms. The van der Waals surface area contributed by atoms with E-state index in [1.54, 1.807) is 12.1 Å². The van der Waals surface area contributed by atoms with Crippen molar-refractivity contribution in [3.05, 3.63) is 101 Å². The third-order valence-corrected chi connectivity index (χ3v) is 4.45. The van der Waals surface area contributed by atoms with E-state index in [4.69, 9.17) is 0 Å². The highest BCUT2D eigenvalue weighted by atomic mass is 16.4. The Labute approximate surface area is 158 Å². The first-order valence-electron chi connectivity index (χ1n) is 8.87. The molecule has 4 nitrogen and oxygen atoms in total. The first-order chi connectivity index (χ1) is 13.1. The van der Waals surface area contributed by atoms with E-state index < -0.39 is 11.9 Å². The SMILES string of the molecule is CCc1ccc(Cc2ccc(NC(=O)c3ccccc3C(=O)O)cc2)cc1. The maximum absolute atomic E-state index is 12.4. The number of aromatic carboxylic acids is 1. The molecule has 0 saturated carbocycles. The van der Waals surface area contributed by atoms with E-state index in [9.17, 15) is 14.7 Å². The van der Waals surface area contributed by atoms with Crippen molar-refractivity contribution in [3.63, 3.8) is 0 Å². The molecule has 0 saturated heterocycles. The molecule has 0 fully saturated rings. The van der Waals surface area contributed by atoms with Crippen LogP contribution in [-0.2, 0) is 12.8 Å². The zero-order valence-corrected chi connectivity index (χ0v) is 15.1. The molecule has 3 aromatic rings. The molecule has 0 atom stereocenters. The summed E-state index contributed by atoms with van der Waals surface area (Å²) in [6.07, 6.45) is 1.85. The minimum atomic E-state index is -1.12. The van der Waals surface area contributed by atoms with Crippen LogP contribution in [0.3, 0.4) is 0 Å². The number of hydrogen-bond donors (Lipinski definition) is 2. The van der Waals surface area contributed by atoms with Crippen LogP contribution in [0, 0.1) is 0 Å². The van der Waals surface area contributed by atoms with Crippen molar-refractivity contribution in [3.8, 4) is 0 Å². The molecule has 0 aliphatic heterocycles. The molecule has 0 radical (unpaired) electrons. The summed E-state index contributed by atoms with van der Waals surface area (Å²) in [6.45, 7) is 2.14. The van der Waals surface area contributed by atoms with Gasteiger partial charge in [0, 0.05) is 5.69 Å². The zero-order valence-electron chi connectivity index (χ0n) is 15.1. The summed E-state index contributed by atoms with van der Waals surface area (Å²) in [5.41, 5.74) is 4.46. The van der Waals surface area contributed by atoms with Gasteiger partial charge in [0.15, 0.2) is 0 Å². The number of amides is 1. The average Bonchev–Trinajstić information content (AvgIpc) is 2.70. The fourth-order valence-corrected chi connectivity index (χ4v) is 2.90. The van der Waals surface area contributed by atoms with Crippen LogP contribution in [-0.4, -0.2) is 17.0 Å². The molecule has 0 bridgehead atoms. The Bertz CT molecular complexity index is 944. The smallest absolute Gasteiger partial charge is 0.336 e. The summed E-state index contributed by atoms with van der Waals surface area (Å²) < 4.78 is 0. The highest BCUT2D eigenvalue weighted by molar-refractivity contribution is 6.10. The van der Waals surface area contributed by atoms with Gasteiger partial charge >= 0.3 is 5.97 Å². The molecular formula is C23H21NO3. The van der Waals surface area contributed by atoms with E-state index in [1.807, 2.05) is 24.3 Å². The molecule has 0 unspecified atom stereocenters. The van der Waals surface area contributed by atoms with Crippen molar-refractivity contribution in [1.29, 1.82) is 0 Å². The van der Waals surface area contributed by atoms with Crippen molar-refractivity contribution in [2.45, 2.75) is 19.8 Å². The van der Waals surface area contributed by atoms with E-state index in [-0.39, 0.29) is 11.1 Å². The lowest BCUT2D eigenvalue weighted by molar-refractivity contribution is 0.0692. The molecule has 27 heavy (non-hydrogen) atoms. The highest BCUT2D eigenvalue weighted by Gasteiger charge is 2.15. The molecular weight excluding hydrogens is 338 g/mol. The van der Waals surface area contributed by atoms with E-state index in [2.05, 4.69) is 36.5 Å². The van der Waals surface area contributed by atoms with Gasteiger partial charge in [-0.1, -0.05) is 55.5 Å². The molecule has 0 aliphatic carbocycles. The fourth-order valence-electron chi connectivity index (χ4n) is 2.90. The van der Waals surface area contributed by atoms with Gasteiger partial charge in [-0.2, -0.15) is 0 Å². The summed E-state index contributed by atoms with van der Waals surface area (Å²) >= 11 is 0. The Morgan fingerprint density at radius 3 is 1.85 bits per heavy atom. The van der Waals surface area contributed by atoms with Gasteiger partial charge in [-0.05, 0) is 53.8 Å². The lowest BCUT2D eigenvalue weighted by Crippen LogP contribution is -2.16. The van der Waals surface area contributed by atoms with Gasteiger partial charge < -0.3 is 10.4 Å². The van der Waals surface area contributed by atoms with Gasteiger partial charge in [0.2, 0.25) is 0 Å². The number of carboxylic acids is 1. The van der Waals surface area contributed by atoms with Crippen molar-refractivity contribution < 1.29 is 14.7 Å². The third kappa shape index (κ3) is 4.61. The monoisotopic (exact) mass is 359 g/mol. The van der Waals surface area contributed by atoms with Crippen LogP contribution in [0.4, 0.5) is 5.69 Å². The number of benzene rings is 3. The number of carbonyl (C=O) groups excluding carboxylic acids is 1. The minimum Gasteiger partial charge on any atom is -0.478 e. The second kappa shape index (κ2) is 8.32. The maximum atomic E-state index is 12.4. The highest BCUT2D eigenvalue weighted by Crippen LogP contribution is 2.17. The Balaban J connectivity index is 1.68. The first-order valence-corrected chi connectivity index (χ1v) is 8.87. The van der Waals surface area contributed by atoms with Crippen molar-refractivity contribution in [1.82, 2.24) is 0 Å². The van der Waals surface area contributed by atoms with Crippen LogP contribution in [0.1, 0.15) is 44.3 Å². The summed E-state index contributed by atoms with van der Waals surface area (Å²) in [6, 6.07) is 22.3. The van der Waals surface area contributed by atoms with Gasteiger partial charge in [0.1, 0.15) is 0 Å². The molecule has 3 rings (SSSR count). The van der Waals surface area contributed by atoms with Crippen molar-refractivity contribution in [2.75, 3.05) is 5.32 Å². The number of rotatable bonds is 6. The van der Waals surface area contributed by atoms with E-state index >= 15 is 0 Å². The van der Waals surface area contributed by atoms with Gasteiger partial charge in [0.25, 0.3) is 5.91 Å². The number of carbonyl (C=O) groups is 2. The largest absolute Gasteiger partial charge is 0.478 e. The molecule has 0 aliphatic rings. The fraction of sp³-hybridized carbons (Fsp3) is 0.130. The number of aryl methyl sites for hydroxylation is 1. The van der Waals surface area contributed by atoms with Crippen molar-refractivity contribution in [2.24, 2.45) is 0 Å². The lowest BCUT2D eigenvalue weighted by atomic mass is 10.0. The first kappa shape index (κ1) is 18.4. The second-order valence-corrected chi connectivity index (χ2v) is 6.35.